The van der Waals surface area contributed by atoms with Crippen LogP contribution in [0.25, 0.3) is 17.2 Å². The molecule has 142 valence electrons. The van der Waals surface area contributed by atoms with Gasteiger partial charge in [0.1, 0.15) is 4.90 Å². The summed E-state index contributed by atoms with van der Waals surface area (Å²) in [5, 5.41) is 8.73. The monoisotopic (exact) mass is 437 g/mol. The standard InChI is InChI=1S/C14H8Cl2F3N5O2S/c15-9-3-1-7(5-10(9)16)12-22-13(14(17,18)19)23-24(12)11-4-2-8(6-21-11)27(20,25)26/h1-6H,(H2,20,25,26). The average Bonchev–Trinajstić information content (AvgIpc) is 3.02. The number of rotatable bonds is 3. The van der Waals surface area contributed by atoms with Gasteiger partial charge in [-0.2, -0.15) is 17.9 Å². The molecule has 1 aromatic carbocycles. The smallest absolute Gasteiger partial charge is 0.236 e. The molecular weight excluding hydrogens is 430 g/mol. The number of alkyl halides is 3. The Kier molecular flexibility index (Phi) is 4.89. The molecule has 0 fully saturated rings. The molecule has 3 aromatic rings. The summed E-state index contributed by atoms with van der Waals surface area (Å²) in [6.07, 6.45) is -3.91. The van der Waals surface area contributed by atoms with Crippen molar-refractivity contribution in [3.05, 3.63) is 52.4 Å². The fourth-order valence-corrected chi connectivity index (χ4v) is 2.84. The van der Waals surface area contributed by atoms with Crippen LogP contribution in [0.15, 0.2) is 41.4 Å². The normalized spacial score (nSPS) is 12.4. The SMILES string of the molecule is NS(=O)(=O)c1ccc(-n2nc(C(F)(F)F)nc2-c2ccc(Cl)c(Cl)c2)nc1. The molecule has 0 unspecified atom stereocenters. The summed E-state index contributed by atoms with van der Waals surface area (Å²) in [7, 11) is -4.01. The van der Waals surface area contributed by atoms with Crippen molar-refractivity contribution in [3.8, 4) is 17.2 Å². The number of hydrogen-bond acceptors (Lipinski definition) is 5. The first-order chi connectivity index (χ1) is 12.5. The number of benzene rings is 1. The van der Waals surface area contributed by atoms with Crippen molar-refractivity contribution in [2.24, 2.45) is 5.14 Å². The van der Waals surface area contributed by atoms with E-state index < -0.39 is 22.0 Å². The van der Waals surface area contributed by atoms with Gasteiger partial charge in [-0.15, -0.1) is 5.10 Å². The zero-order valence-corrected chi connectivity index (χ0v) is 15.3. The Hall–Kier alpha value is -2.21. The number of nitrogens with two attached hydrogens (primary N) is 1. The molecule has 0 saturated carbocycles. The zero-order valence-electron chi connectivity index (χ0n) is 12.9. The van der Waals surface area contributed by atoms with Crippen LogP contribution in [0.2, 0.25) is 10.0 Å². The van der Waals surface area contributed by atoms with Gasteiger partial charge < -0.3 is 0 Å². The summed E-state index contributed by atoms with van der Waals surface area (Å²) in [5.74, 6) is -1.72. The van der Waals surface area contributed by atoms with E-state index in [1.807, 2.05) is 0 Å². The number of primary sulfonamides is 1. The van der Waals surface area contributed by atoms with Gasteiger partial charge in [-0.3, -0.25) is 0 Å². The van der Waals surface area contributed by atoms with Crippen LogP contribution < -0.4 is 5.14 Å². The Morgan fingerprint density at radius 2 is 1.78 bits per heavy atom. The highest BCUT2D eigenvalue weighted by atomic mass is 35.5. The van der Waals surface area contributed by atoms with Crippen molar-refractivity contribution in [1.82, 2.24) is 19.7 Å². The fourth-order valence-electron chi connectivity index (χ4n) is 2.08. The molecule has 2 heterocycles. The molecule has 0 aliphatic heterocycles. The number of hydrogen-bond donors (Lipinski definition) is 1. The first-order valence-corrected chi connectivity index (χ1v) is 9.26. The molecule has 0 aliphatic carbocycles. The minimum atomic E-state index is -4.81. The minimum Gasteiger partial charge on any atom is -0.236 e. The first kappa shape index (κ1) is 19.5. The first-order valence-electron chi connectivity index (χ1n) is 6.96. The van der Waals surface area contributed by atoms with Crippen LogP contribution in [0, 0.1) is 0 Å². The summed E-state index contributed by atoms with van der Waals surface area (Å²) >= 11 is 11.7. The Morgan fingerprint density at radius 3 is 2.30 bits per heavy atom. The molecule has 27 heavy (non-hydrogen) atoms. The van der Waals surface area contributed by atoms with Gasteiger partial charge in [-0.25, -0.2) is 23.5 Å². The van der Waals surface area contributed by atoms with Crippen molar-refractivity contribution in [1.29, 1.82) is 0 Å². The molecule has 2 aromatic heterocycles. The van der Waals surface area contributed by atoms with Gasteiger partial charge in [0.05, 0.1) is 10.0 Å². The maximum absolute atomic E-state index is 13.1. The van der Waals surface area contributed by atoms with Crippen LogP contribution in [0.1, 0.15) is 5.82 Å². The van der Waals surface area contributed by atoms with E-state index in [1.54, 1.807) is 0 Å². The van der Waals surface area contributed by atoms with E-state index in [0.29, 0.717) is 0 Å². The second kappa shape index (κ2) is 6.75. The van der Waals surface area contributed by atoms with Gasteiger partial charge in [0.2, 0.25) is 10.0 Å². The summed E-state index contributed by atoms with van der Waals surface area (Å²) in [6.45, 7) is 0. The van der Waals surface area contributed by atoms with E-state index in [0.717, 1.165) is 23.0 Å². The highest BCUT2D eigenvalue weighted by molar-refractivity contribution is 7.89. The molecule has 0 amide bonds. The van der Waals surface area contributed by atoms with Crippen LogP contribution >= 0.6 is 23.2 Å². The van der Waals surface area contributed by atoms with Gasteiger partial charge in [0.25, 0.3) is 5.82 Å². The highest BCUT2D eigenvalue weighted by Gasteiger charge is 2.37. The molecule has 3 rings (SSSR count). The number of halogens is 5. The quantitative estimate of drug-likeness (QED) is 0.676. The average molecular weight is 438 g/mol. The molecule has 0 spiro atoms. The molecule has 7 nitrogen and oxygen atoms in total. The van der Waals surface area contributed by atoms with Crippen molar-refractivity contribution in [2.45, 2.75) is 11.1 Å². The number of sulfonamides is 1. The van der Waals surface area contributed by atoms with Gasteiger partial charge >= 0.3 is 6.18 Å². The zero-order chi connectivity index (χ0) is 20.0. The van der Waals surface area contributed by atoms with E-state index in [1.165, 1.54) is 18.2 Å². The van der Waals surface area contributed by atoms with Gasteiger partial charge in [-0.05, 0) is 30.3 Å². The number of nitrogens with zero attached hydrogens (tertiary/aromatic N) is 4. The fraction of sp³-hybridized carbons (Fsp3) is 0.0714. The molecule has 2 N–H and O–H groups in total. The molecule has 0 saturated heterocycles. The Morgan fingerprint density at radius 1 is 1.07 bits per heavy atom. The topological polar surface area (TPSA) is 104 Å². The van der Waals surface area contributed by atoms with Gasteiger partial charge in [0, 0.05) is 11.8 Å². The van der Waals surface area contributed by atoms with Crippen LogP contribution in [-0.2, 0) is 16.2 Å². The van der Waals surface area contributed by atoms with Crippen LogP contribution in [-0.4, -0.2) is 28.2 Å². The predicted octanol–water partition coefficient (Wildman–Crippen LogP) is 3.30. The van der Waals surface area contributed by atoms with Crippen LogP contribution in [0.4, 0.5) is 13.2 Å². The lowest BCUT2D eigenvalue weighted by atomic mass is 10.2. The van der Waals surface area contributed by atoms with Crippen molar-refractivity contribution in [3.63, 3.8) is 0 Å². The molecule has 13 heteroatoms. The Labute approximate surface area is 160 Å². The minimum absolute atomic E-state index is 0.105. The van der Waals surface area contributed by atoms with E-state index in [9.17, 15) is 21.6 Å². The van der Waals surface area contributed by atoms with E-state index in [4.69, 9.17) is 28.3 Å². The second-order valence-corrected chi connectivity index (χ2v) is 7.57. The highest BCUT2D eigenvalue weighted by Crippen LogP contribution is 2.32. The third-order valence-electron chi connectivity index (χ3n) is 3.30. The molecule has 0 bridgehead atoms. The molecule has 0 radical (unpaired) electrons. The lowest BCUT2D eigenvalue weighted by molar-refractivity contribution is -0.144. The molecular formula is C14H8Cl2F3N5O2S. The largest absolute Gasteiger partial charge is 0.453 e. The molecule has 0 atom stereocenters. The maximum Gasteiger partial charge on any atom is 0.453 e. The Balaban J connectivity index is 2.19. The van der Waals surface area contributed by atoms with Crippen LogP contribution in [0.5, 0.6) is 0 Å². The van der Waals surface area contributed by atoms with Crippen molar-refractivity contribution < 1.29 is 21.6 Å². The van der Waals surface area contributed by atoms with Crippen molar-refractivity contribution >= 4 is 33.2 Å². The number of pyridine rings is 1. The van der Waals surface area contributed by atoms with E-state index in [2.05, 4.69) is 15.1 Å². The third-order valence-corrected chi connectivity index (χ3v) is 4.94. The van der Waals surface area contributed by atoms with Gasteiger partial charge in [0.15, 0.2) is 11.6 Å². The maximum atomic E-state index is 13.1. The second-order valence-electron chi connectivity index (χ2n) is 5.19. The summed E-state index contributed by atoms with van der Waals surface area (Å²) in [4.78, 5) is 7.02. The predicted molar refractivity (Wildman–Crippen MR) is 91.0 cm³/mol. The van der Waals surface area contributed by atoms with Crippen LogP contribution in [0.3, 0.4) is 0 Å². The van der Waals surface area contributed by atoms with Gasteiger partial charge in [-0.1, -0.05) is 23.2 Å². The summed E-state index contributed by atoms with van der Waals surface area (Å²) in [5.41, 5.74) is 0.199. The van der Waals surface area contributed by atoms with E-state index >= 15 is 0 Å². The lowest BCUT2D eigenvalue weighted by Gasteiger charge is -2.06. The number of aromatic nitrogens is 4. The van der Waals surface area contributed by atoms with E-state index in [-0.39, 0.29) is 32.1 Å². The summed E-state index contributed by atoms with van der Waals surface area (Å²) in [6, 6.07) is 6.36. The Bertz CT molecular complexity index is 1110. The summed E-state index contributed by atoms with van der Waals surface area (Å²) < 4.78 is 62.6. The third kappa shape index (κ3) is 4.05. The molecule has 0 aliphatic rings. The lowest BCUT2D eigenvalue weighted by Crippen LogP contribution is -2.13. The van der Waals surface area contributed by atoms with Crippen molar-refractivity contribution in [2.75, 3.05) is 0 Å².